The first-order valence-corrected chi connectivity index (χ1v) is 12.6. The van der Waals surface area contributed by atoms with Gasteiger partial charge in [0.1, 0.15) is 11.4 Å². The molecule has 1 aliphatic heterocycles. The fourth-order valence-corrected chi connectivity index (χ4v) is 5.68. The average Bonchev–Trinajstić information content (AvgIpc) is 3.34. The Balaban J connectivity index is 1.23. The van der Waals surface area contributed by atoms with E-state index < -0.39 is 0 Å². The molecule has 7 heteroatoms. The van der Waals surface area contributed by atoms with Crippen molar-refractivity contribution in [2.24, 2.45) is 5.92 Å². The standard InChI is InChI=1S/C25H33N3O3S/c1-31-21-9-7-18(8-10-21)15-23(29)28-13-11-20(12-14-28)25-27-22(17-32-25)24(30)26-16-19-5-3-2-4-6-19/h7-10,17,19-20H,2-6,11-16H2,1H3,(H,26,30). The normalized spacial score (nSPS) is 17.8. The molecule has 0 unspecified atom stereocenters. The SMILES string of the molecule is COc1ccc(CC(=O)N2CCC(c3nc(C(=O)NCC4CCCCC4)cs3)CC2)cc1. The van der Waals surface area contributed by atoms with E-state index in [1.165, 1.54) is 32.1 Å². The summed E-state index contributed by atoms with van der Waals surface area (Å²) in [5.74, 6) is 1.85. The maximum atomic E-state index is 12.7. The minimum absolute atomic E-state index is 0.0508. The Morgan fingerprint density at radius 3 is 2.50 bits per heavy atom. The Hall–Kier alpha value is -2.41. The monoisotopic (exact) mass is 455 g/mol. The molecule has 4 rings (SSSR count). The Bertz CT molecular complexity index is 897. The van der Waals surface area contributed by atoms with Gasteiger partial charge in [0.15, 0.2) is 0 Å². The van der Waals surface area contributed by atoms with Crippen molar-refractivity contribution in [2.75, 3.05) is 26.7 Å². The van der Waals surface area contributed by atoms with Gasteiger partial charge in [-0.15, -0.1) is 11.3 Å². The summed E-state index contributed by atoms with van der Waals surface area (Å²) in [7, 11) is 1.64. The van der Waals surface area contributed by atoms with Crippen molar-refractivity contribution in [1.29, 1.82) is 0 Å². The van der Waals surface area contributed by atoms with Gasteiger partial charge in [-0.05, 0) is 49.3 Å². The molecule has 32 heavy (non-hydrogen) atoms. The van der Waals surface area contributed by atoms with E-state index in [0.717, 1.165) is 48.8 Å². The van der Waals surface area contributed by atoms with Gasteiger partial charge in [0.2, 0.25) is 5.91 Å². The van der Waals surface area contributed by atoms with Gasteiger partial charge in [0.25, 0.3) is 5.91 Å². The number of benzene rings is 1. The van der Waals surface area contributed by atoms with Gasteiger partial charge in [-0.25, -0.2) is 4.98 Å². The number of nitrogens with one attached hydrogen (secondary N) is 1. The van der Waals surface area contributed by atoms with Crippen LogP contribution in [0.25, 0.3) is 0 Å². The highest BCUT2D eigenvalue weighted by atomic mass is 32.1. The average molecular weight is 456 g/mol. The highest BCUT2D eigenvalue weighted by molar-refractivity contribution is 7.09. The topological polar surface area (TPSA) is 71.5 Å². The number of piperidine rings is 1. The first kappa shape index (κ1) is 22.8. The van der Waals surface area contributed by atoms with Gasteiger partial charge in [-0.3, -0.25) is 9.59 Å². The number of methoxy groups -OCH3 is 1. The molecule has 2 amide bonds. The van der Waals surface area contributed by atoms with Crippen molar-refractivity contribution < 1.29 is 14.3 Å². The molecule has 2 aliphatic rings. The molecule has 1 aromatic heterocycles. The van der Waals surface area contributed by atoms with Crippen LogP contribution in [0.3, 0.4) is 0 Å². The summed E-state index contributed by atoms with van der Waals surface area (Å²) in [6.07, 6.45) is 8.53. The molecular weight excluding hydrogens is 422 g/mol. The summed E-state index contributed by atoms with van der Waals surface area (Å²) < 4.78 is 5.18. The zero-order chi connectivity index (χ0) is 22.3. The molecular formula is C25H33N3O3S. The van der Waals surface area contributed by atoms with E-state index in [0.29, 0.717) is 24.0 Å². The molecule has 172 valence electrons. The lowest BCUT2D eigenvalue weighted by atomic mass is 9.89. The maximum Gasteiger partial charge on any atom is 0.270 e. The highest BCUT2D eigenvalue weighted by Gasteiger charge is 2.26. The van der Waals surface area contributed by atoms with Gasteiger partial charge < -0.3 is 15.0 Å². The van der Waals surface area contributed by atoms with Crippen LogP contribution in [0.15, 0.2) is 29.6 Å². The van der Waals surface area contributed by atoms with E-state index in [9.17, 15) is 9.59 Å². The van der Waals surface area contributed by atoms with Crippen LogP contribution < -0.4 is 10.1 Å². The molecule has 6 nitrogen and oxygen atoms in total. The molecule has 1 saturated carbocycles. The minimum Gasteiger partial charge on any atom is -0.497 e. The number of likely N-dealkylation sites (tertiary alicyclic amines) is 1. The molecule has 2 heterocycles. The summed E-state index contributed by atoms with van der Waals surface area (Å²) in [5.41, 5.74) is 1.54. The van der Waals surface area contributed by atoms with Gasteiger partial charge >= 0.3 is 0 Å². The maximum absolute atomic E-state index is 12.7. The van der Waals surface area contributed by atoms with Crippen molar-refractivity contribution in [3.63, 3.8) is 0 Å². The van der Waals surface area contributed by atoms with Crippen molar-refractivity contribution >= 4 is 23.2 Å². The van der Waals surface area contributed by atoms with Gasteiger partial charge in [-0.2, -0.15) is 0 Å². The van der Waals surface area contributed by atoms with E-state index >= 15 is 0 Å². The van der Waals surface area contributed by atoms with Crippen LogP contribution in [0.4, 0.5) is 0 Å². The van der Waals surface area contributed by atoms with E-state index in [1.807, 2.05) is 34.5 Å². The third-order valence-corrected chi connectivity index (χ3v) is 7.75. The molecule has 2 fully saturated rings. The van der Waals surface area contributed by atoms with Crippen molar-refractivity contribution in [3.05, 3.63) is 45.9 Å². The van der Waals surface area contributed by atoms with Crippen molar-refractivity contribution in [1.82, 2.24) is 15.2 Å². The van der Waals surface area contributed by atoms with Crippen molar-refractivity contribution in [3.8, 4) is 5.75 Å². The van der Waals surface area contributed by atoms with Crippen LogP contribution in [-0.2, 0) is 11.2 Å². The molecule has 2 aromatic rings. The second-order valence-corrected chi connectivity index (χ2v) is 9.85. The number of amides is 2. The fourth-order valence-electron chi connectivity index (χ4n) is 4.70. The third kappa shape index (κ3) is 5.88. The lowest BCUT2D eigenvalue weighted by Gasteiger charge is -2.31. The molecule has 1 saturated heterocycles. The molecule has 1 N–H and O–H groups in total. The quantitative estimate of drug-likeness (QED) is 0.671. The summed E-state index contributed by atoms with van der Waals surface area (Å²) in [6, 6.07) is 7.67. The molecule has 0 bridgehead atoms. The van der Waals surface area contributed by atoms with E-state index in [4.69, 9.17) is 4.74 Å². The number of carbonyl (C=O) groups excluding carboxylic acids is 2. The molecule has 1 aliphatic carbocycles. The number of hydrogen-bond donors (Lipinski definition) is 1. The zero-order valence-corrected chi connectivity index (χ0v) is 19.7. The van der Waals surface area contributed by atoms with E-state index in [2.05, 4.69) is 10.3 Å². The van der Waals surface area contributed by atoms with Crippen LogP contribution in [0, 0.1) is 5.92 Å². The van der Waals surface area contributed by atoms with E-state index in [-0.39, 0.29) is 11.8 Å². The number of hydrogen-bond acceptors (Lipinski definition) is 5. The number of aromatic nitrogens is 1. The molecule has 0 atom stereocenters. The zero-order valence-electron chi connectivity index (χ0n) is 18.8. The van der Waals surface area contributed by atoms with Crippen molar-refractivity contribution in [2.45, 2.75) is 57.3 Å². The second kappa shape index (κ2) is 10.9. The predicted molar refractivity (Wildman–Crippen MR) is 126 cm³/mol. The van der Waals surface area contributed by atoms with E-state index in [1.54, 1.807) is 18.4 Å². The number of rotatable bonds is 7. The summed E-state index contributed by atoms with van der Waals surface area (Å²) in [4.78, 5) is 31.8. The molecule has 0 spiro atoms. The molecule has 0 radical (unpaired) electrons. The lowest BCUT2D eigenvalue weighted by molar-refractivity contribution is -0.131. The van der Waals surface area contributed by atoms with Crippen LogP contribution in [0.2, 0.25) is 0 Å². The van der Waals surface area contributed by atoms with Gasteiger partial charge in [-0.1, -0.05) is 31.4 Å². The van der Waals surface area contributed by atoms with Crippen LogP contribution in [0.5, 0.6) is 5.75 Å². The highest BCUT2D eigenvalue weighted by Crippen LogP contribution is 2.31. The smallest absolute Gasteiger partial charge is 0.270 e. The fraction of sp³-hybridized carbons (Fsp3) is 0.560. The summed E-state index contributed by atoms with van der Waals surface area (Å²) in [6.45, 7) is 2.24. The van der Waals surface area contributed by atoms with Crippen LogP contribution in [0.1, 0.15) is 71.9 Å². The summed E-state index contributed by atoms with van der Waals surface area (Å²) >= 11 is 1.57. The van der Waals surface area contributed by atoms with Crippen LogP contribution in [-0.4, -0.2) is 48.4 Å². The first-order chi connectivity index (χ1) is 15.6. The first-order valence-electron chi connectivity index (χ1n) is 11.8. The Morgan fingerprint density at radius 2 is 1.81 bits per heavy atom. The van der Waals surface area contributed by atoms with Crippen LogP contribution >= 0.6 is 11.3 Å². The van der Waals surface area contributed by atoms with Gasteiger partial charge in [0, 0.05) is 30.9 Å². The Labute approximate surface area is 194 Å². The summed E-state index contributed by atoms with van der Waals surface area (Å²) in [5, 5.41) is 5.99. The lowest BCUT2D eigenvalue weighted by Crippen LogP contribution is -2.38. The second-order valence-electron chi connectivity index (χ2n) is 8.96. The Morgan fingerprint density at radius 1 is 1.09 bits per heavy atom. The number of ether oxygens (including phenoxy) is 1. The molecule has 1 aromatic carbocycles. The van der Waals surface area contributed by atoms with Gasteiger partial charge in [0.05, 0.1) is 18.5 Å². The minimum atomic E-state index is -0.0508. The number of carbonyl (C=O) groups is 2. The Kier molecular flexibility index (Phi) is 7.79. The number of thiazole rings is 1. The third-order valence-electron chi connectivity index (χ3n) is 6.74. The predicted octanol–water partition coefficient (Wildman–Crippen LogP) is 4.41. The number of nitrogens with zero attached hydrogens (tertiary/aromatic N) is 2. The largest absolute Gasteiger partial charge is 0.497 e.